The largest absolute Gasteiger partial charge is 0.469 e. The molecule has 44 heavy (non-hydrogen) atoms. The number of aliphatic hydroxyl groups is 2. The van der Waals surface area contributed by atoms with Gasteiger partial charge in [-0.25, -0.2) is 9.36 Å². The van der Waals surface area contributed by atoms with Gasteiger partial charge in [-0.1, -0.05) is 62.6 Å². The van der Waals surface area contributed by atoms with Crippen LogP contribution in [-0.4, -0.2) is 68.5 Å². The molecule has 2 aliphatic carbocycles. The van der Waals surface area contributed by atoms with Gasteiger partial charge >= 0.3 is 19.8 Å². The van der Waals surface area contributed by atoms with Crippen molar-refractivity contribution in [2.45, 2.75) is 114 Å². The van der Waals surface area contributed by atoms with Crippen LogP contribution in [0.4, 0.5) is 0 Å². The van der Waals surface area contributed by atoms with E-state index in [-0.39, 0.29) is 49.2 Å². The molecule has 248 valence electrons. The van der Waals surface area contributed by atoms with Gasteiger partial charge in [0.1, 0.15) is 23.9 Å². The highest BCUT2D eigenvalue weighted by atomic mass is 31.2. The number of rotatable bonds is 15. The molecule has 0 aromatic rings. The summed E-state index contributed by atoms with van der Waals surface area (Å²) in [6.07, 6.45) is 18.0. The molecule has 0 unspecified atom stereocenters. The lowest BCUT2D eigenvalue weighted by Gasteiger charge is -2.35. The quantitative estimate of drug-likeness (QED) is 0.0750. The van der Waals surface area contributed by atoms with Crippen LogP contribution >= 0.6 is 7.82 Å². The zero-order valence-electron chi connectivity index (χ0n) is 25.6. The van der Waals surface area contributed by atoms with E-state index >= 15 is 0 Å². The average Bonchev–Trinajstić information content (AvgIpc) is 2.98. The van der Waals surface area contributed by atoms with Gasteiger partial charge in [0.15, 0.2) is 0 Å². The van der Waals surface area contributed by atoms with Crippen molar-refractivity contribution < 1.29 is 48.2 Å². The van der Waals surface area contributed by atoms with Crippen molar-refractivity contribution in [2.75, 3.05) is 6.54 Å². The predicted octanol–water partition coefficient (Wildman–Crippen LogP) is 4.15. The number of esters is 2. The van der Waals surface area contributed by atoms with Gasteiger partial charge in [0, 0.05) is 18.4 Å². The second-order valence-electron chi connectivity index (χ2n) is 12.2. The molecule has 1 heterocycles. The van der Waals surface area contributed by atoms with E-state index in [1.54, 1.807) is 18.2 Å². The Morgan fingerprint density at radius 3 is 2.59 bits per heavy atom. The van der Waals surface area contributed by atoms with Crippen LogP contribution in [-0.2, 0) is 28.2 Å². The first-order chi connectivity index (χ1) is 20.9. The zero-order chi connectivity index (χ0) is 32.2. The summed E-state index contributed by atoms with van der Waals surface area (Å²) >= 11 is 0. The van der Waals surface area contributed by atoms with Crippen LogP contribution in [0.5, 0.6) is 0 Å². The first-order valence-electron chi connectivity index (χ1n) is 15.9. The molecule has 3 rings (SSSR count). The lowest BCUT2D eigenvalue weighted by atomic mass is 9.86. The van der Waals surface area contributed by atoms with Gasteiger partial charge in [0.25, 0.3) is 0 Å². The highest BCUT2D eigenvalue weighted by Gasteiger charge is 2.40. The maximum atomic E-state index is 12.6. The number of carbonyl (C=O) groups is 2. The maximum Gasteiger partial charge on any atom is 0.469 e. The van der Waals surface area contributed by atoms with Gasteiger partial charge < -0.3 is 35.2 Å². The molecule has 1 aliphatic heterocycles. The van der Waals surface area contributed by atoms with Gasteiger partial charge in [0.05, 0.1) is 12.0 Å². The van der Waals surface area contributed by atoms with Crippen molar-refractivity contribution in [2.24, 2.45) is 23.5 Å². The van der Waals surface area contributed by atoms with Gasteiger partial charge in [0.2, 0.25) is 0 Å². The number of hydrogen-bond acceptors (Lipinski definition) is 9. The van der Waals surface area contributed by atoms with Crippen LogP contribution in [0.1, 0.15) is 84.0 Å². The van der Waals surface area contributed by atoms with Crippen LogP contribution in [0.25, 0.3) is 0 Å². The Balaban J connectivity index is 1.61. The number of cyclic esters (lactones) is 1. The number of nitrogens with two attached hydrogens (primary N) is 1. The minimum atomic E-state index is -5.07. The number of carbonyl (C=O) groups excluding carboxylic acids is 2. The molecule has 0 amide bonds. The molecule has 0 saturated heterocycles. The van der Waals surface area contributed by atoms with Crippen molar-refractivity contribution in [3.8, 4) is 0 Å². The fourth-order valence-corrected chi connectivity index (χ4v) is 6.84. The minimum absolute atomic E-state index is 0.0238. The molecule has 0 radical (unpaired) electrons. The first-order valence-corrected chi connectivity index (χ1v) is 17.4. The summed E-state index contributed by atoms with van der Waals surface area (Å²) in [6, 6.07) is 0. The van der Waals surface area contributed by atoms with E-state index < -0.39 is 37.7 Å². The van der Waals surface area contributed by atoms with Crippen LogP contribution in [0, 0.1) is 17.8 Å². The van der Waals surface area contributed by atoms with Crippen LogP contribution in [0.2, 0.25) is 0 Å². The van der Waals surface area contributed by atoms with E-state index in [1.807, 2.05) is 13.0 Å². The Morgan fingerprint density at radius 2 is 1.91 bits per heavy atom. The Bertz CT molecular complexity index is 1090. The first kappa shape index (κ1) is 36.4. The lowest BCUT2D eigenvalue weighted by Crippen LogP contribution is -2.45. The summed E-state index contributed by atoms with van der Waals surface area (Å²) in [5.41, 5.74) is 3.75. The molecule has 12 heteroatoms. The summed E-state index contributed by atoms with van der Waals surface area (Å²) in [5.74, 6) is -0.504. The number of ether oxygens (including phenoxy) is 2. The van der Waals surface area contributed by atoms with Crippen LogP contribution in [0.15, 0.2) is 48.6 Å². The Morgan fingerprint density at radius 1 is 1.16 bits per heavy atom. The summed E-state index contributed by atoms with van der Waals surface area (Å²) in [4.78, 5) is 43.5. The van der Waals surface area contributed by atoms with Crippen molar-refractivity contribution in [3.05, 3.63) is 48.6 Å². The summed E-state index contributed by atoms with van der Waals surface area (Å²) in [6.45, 7) is 1.87. The molecule has 2 fully saturated rings. The van der Waals surface area contributed by atoms with Crippen LogP contribution < -0.4 is 5.73 Å². The third kappa shape index (κ3) is 12.0. The highest BCUT2D eigenvalue weighted by molar-refractivity contribution is 7.46. The van der Waals surface area contributed by atoms with Crippen molar-refractivity contribution >= 4 is 19.8 Å². The number of phosphoric acid groups is 1. The Labute approximate surface area is 260 Å². The topological polar surface area (TPSA) is 186 Å². The van der Waals surface area contributed by atoms with Crippen molar-refractivity contribution in [3.63, 3.8) is 0 Å². The average molecular weight is 640 g/mol. The van der Waals surface area contributed by atoms with Crippen molar-refractivity contribution in [1.82, 2.24) is 0 Å². The zero-order valence-corrected chi connectivity index (χ0v) is 26.5. The fraction of sp³-hybridized carbons (Fsp3) is 0.688. The number of hydrogen-bond donors (Lipinski definition) is 5. The van der Waals surface area contributed by atoms with E-state index in [9.17, 15) is 34.2 Å². The molecular formula is C32H50NO10P. The summed E-state index contributed by atoms with van der Waals surface area (Å²) in [5, 5.41) is 22.2. The fourth-order valence-electron chi connectivity index (χ4n) is 6.24. The molecule has 6 N–H and O–H groups in total. The molecule has 0 spiro atoms. The van der Waals surface area contributed by atoms with E-state index in [1.165, 1.54) is 30.7 Å². The molecule has 11 nitrogen and oxygen atoms in total. The monoisotopic (exact) mass is 639 g/mol. The van der Waals surface area contributed by atoms with Crippen molar-refractivity contribution in [1.29, 1.82) is 0 Å². The van der Waals surface area contributed by atoms with Gasteiger partial charge in [-0.15, -0.1) is 0 Å². The van der Waals surface area contributed by atoms with E-state index in [4.69, 9.17) is 19.7 Å². The third-order valence-electron chi connectivity index (χ3n) is 8.74. The summed E-state index contributed by atoms with van der Waals surface area (Å²) < 4.78 is 28.0. The second kappa shape index (κ2) is 17.5. The number of aliphatic hydroxyl groups excluding tert-OH is 1. The molecule has 7 atom stereocenters. The smallest absolute Gasteiger partial charge is 0.462 e. The molecule has 3 aliphatic rings. The SMILES string of the molecule is CC[C@H]1C=CC(=O)O[C@H]1/C=C/[C@](O)(CCN)[C@@H](C[C@@H](O)/C=C\C=C/[C@@H]1CCC[C@H](OC(=O)C2CCCCC2)C1)OP(=O)(O)O. The highest BCUT2D eigenvalue weighted by Crippen LogP contribution is 2.42. The third-order valence-corrected chi connectivity index (χ3v) is 9.27. The standard InChI is InChI=1S/C32H50NO10P/c1-2-24-15-16-30(35)42-28(24)17-18-32(37,19-20-33)29(43-44(38,39)40)22-26(34)13-7-6-9-23-10-8-14-27(21-23)41-31(36)25-11-4-3-5-12-25/h6-7,9,13,15-18,23-29,34,37H,2-5,8,10-12,14,19-22,33H2,1H3,(H2,38,39,40)/b9-6-,13-7-,18-17+/t23-,24+,26+,27+,28+,29-,32+/m1/s1. The molecule has 2 saturated carbocycles. The second-order valence-corrected chi connectivity index (χ2v) is 13.4. The maximum absolute atomic E-state index is 12.6. The normalized spacial score (nSPS) is 28.3. The Kier molecular flexibility index (Phi) is 14.5. The number of allylic oxidation sites excluding steroid dienone is 3. The lowest BCUT2D eigenvalue weighted by molar-refractivity contribution is -0.157. The van der Waals surface area contributed by atoms with E-state index in [0.29, 0.717) is 6.42 Å². The predicted molar refractivity (Wildman–Crippen MR) is 165 cm³/mol. The number of phosphoric ester groups is 1. The van der Waals surface area contributed by atoms with Crippen LogP contribution in [0.3, 0.4) is 0 Å². The van der Waals surface area contributed by atoms with Gasteiger partial charge in [-0.05, 0) is 69.9 Å². The minimum Gasteiger partial charge on any atom is -0.462 e. The van der Waals surface area contributed by atoms with Gasteiger partial charge in [-0.3, -0.25) is 9.32 Å². The summed E-state index contributed by atoms with van der Waals surface area (Å²) in [7, 11) is -5.07. The molecular weight excluding hydrogens is 589 g/mol. The van der Waals surface area contributed by atoms with E-state index in [0.717, 1.165) is 51.4 Å². The molecule has 0 aromatic carbocycles. The van der Waals surface area contributed by atoms with E-state index in [2.05, 4.69) is 0 Å². The molecule has 0 aromatic heterocycles. The van der Waals surface area contributed by atoms with Gasteiger partial charge in [-0.2, -0.15) is 0 Å². The molecule has 0 bridgehead atoms. The Hall–Kier alpha value is -2.11.